The monoisotopic (exact) mass is 234 g/mol. The van der Waals surface area contributed by atoms with Gasteiger partial charge >= 0.3 is 0 Å². The van der Waals surface area contributed by atoms with E-state index >= 15 is 0 Å². The Balaban J connectivity index is 1.81. The quantitative estimate of drug-likeness (QED) is 0.739. The zero-order valence-electron chi connectivity index (χ0n) is 10.2. The topological polar surface area (TPSA) is 58.3 Å². The Hall–Kier alpha value is -0.900. The molecule has 3 atom stereocenters. The molecule has 0 amide bonds. The minimum atomic E-state index is -0.356. The fraction of sp³-hybridized carbons (Fsp3) is 0.571. The summed E-state index contributed by atoms with van der Waals surface area (Å²) in [5.41, 5.74) is 7.09. The van der Waals surface area contributed by atoms with Gasteiger partial charge in [-0.25, -0.2) is 0 Å². The molecule has 0 aliphatic carbocycles. The third-order valence-corrected chi connectivity index (χ3v) is 3.66. The summed E-state index contributed by atoms with van der Waals surface area (Å²) in [4.78, 5) is 0. The molecule has 2 rings (SSSR count). The average Bonchev–Trinajstić information content (AvgIpc) is 2.38. The molecule has 94 valence electrons. The maximum Gasteiger partial charge on any atom is 0.0790 e. The van der Waals surface area contributed by atoms with Crippen LogP contribution in [0.4, 0.5) is 0 Å². The van der Waals surface area contributed by atoms with Gasteiger partial charge in [0.2, 0.25) is 0 Å². The third-order valence-electron chi connectivity index (χ3n) is 3.66. The summed E-state index contributed by atoms with van der Waals surface area (Å²) < 4.78 is 0. The van der Waals surface area contributed by atoms with Crippen molar-refractivity contribution in [3.63, 3.8) is 0 Å². The molecule has 17 heavy (non-hydrogen) atoms. The van der Waals surface area contributed by atoms with E-state index in [0.717, 1.165) is 37.9 Å². The second-order valence-corrected chi connectivity index (χ2v) is 4.92. The first kappa shape index (κ1) is 12.6. The van der Waals surface area contributed by atoms with Gasteiger partial charge in [0.15, 0.2) is 0 Å². The lowest BCUT2D eigenvalue weighted by Crippen LogP contribution is -2.44. The van der Waals surface area contributed by atoms with E-state index in [-0.39, 0.29) is 6.10 Å². The summed E-state index contributed by atoms with van der Waals surface area (Å²) in [6, 6.07) is 10.1. The average molecular weight is 234 g/mol. The van der Waals surface area contributed by atoms with Crippen molar-refractivity contribution in [3.05, 3.63) is 35.9 Å². The highest BCUT2D eigenvalue weighted by Gasteiger charge is 2.22. The lowest BCUT2D eigenvalue weighted by atomic mass is 9.88. The zero-order chi connectivity index (χ0) is 12.1. The van der Waals surface area contributed by atoms with Gasteiger partial charge in [0, 0.05) is 6.04 Å². The van der Waals surface area contributed by atoms with Crippen molar-refractivity contribution in [2.45, 2.75) is 31.4 Å². The van der Waals surface area contributed by atoms with Gasteiger partial charge in [-0.1, -0.05) is 30.3 Å². The normalized spacial score (nSPS) is 26.7. The molecule has 1 fully saturated rings. The highest BCUT2D eigenvalue weighted by atomic mass is 16.3. The van der Waals surface area contributed by atoms with E-state index < -0.39 is 0 Å². The Morgan fingerprint density at radius 2 is 2.12 bits per heavy atom. The van der Waals surface area contributed by atoms with Crippen molar-refractivity contribution in [2.75, 3.05) is 13.1 Å². The molecule has 1 aromatic rings. The molecule has 0 radical (unpaired) electrons. The van der Waals surface area contributed by atoms with Crippen LogP contribution >= 0.6 is 0 Å². The van der Waals surface area contributed by atoms with E-state index in [1.54, 1.807) is 0 Å². The summed E-state index contributed by atoms with van der Waals surface area (Å²) in [6.07, 6.45) is 2.48. The zero-order valence-corrected chi connectivity index (χ0v) is 10.2. The van der Waals surface area contributed by atoms with Crippen LogP contribution in [-0.4, -0.2) is 24.2 Å². The van der Waals surface area contributed by atoms with Gasteiger partial charge in [-0.15, -0.1) is 0 Å². The van der Waals surface area contributed by atoms with Crippen LogP contribution in [0.25, 0.3) is 0 Å². The van der Waals surface area contributed by atoms with Crippen molar-refractivity contribution in [1.29, 1.82) is 0 Å². The molecular formula is C14H22N2O. The maximum atomic E-state index is 10.1. The molecule has 1 aliphatic rings. The fourth-order valence-electron chi connectivity index (χ4n) is 2.47. The van der Waals surface area contributed by atoms with Crippen LogP contribution in [0.15, 0.2) is 30.3 Å². The number of aliphatic hydroxyl groups is 1. The van der Waals surface area contributed by atoms with E-state index in [4.69, 9.17) is 5.73 Å². The predicted molar refractivity (Wildman–Crippen MR) is 69.6 cm³/mol. The van der Waals surface area contributed by atoms with Crippen molar-refractivity contribution in [2.24, 2.45) is 11.7 Å². The van der Waals surface area contributed by atoms with Crippen LogP contribution < -0.4 is 11.1 Å². The van der Waals surface area contributed by atoms with Gasteiger partial charge in [-0.05, 0) is 43.8 Å². The molecule has 1 aromatic carbocycles. The molecule has 1 aliphatic heterocycles. The van der Waals surface area contributed by atoms with Gasteiger partial charge in [0.25, 0.3) is 0 Å². The molecule has 0 bridgehead atoms. The number of aliphatic hydroxyl groups excluding tert-OH is 1. The second-order valence-electron chi connectivity index (χ2n) is 4.92. The number of nitrogens with one attached hydrogen (secondary N) is 1. The summed E-state index contributed by atoms with van der Waals surface area (Å²) in [7, 11) is 0. The van der Waals surface area contributed by atoms with Gasteiger partial charge in [-0.2, -0.15) is 0 Å². The first-order chi connectivity index (χ1) is 8.27. The molecule has 0 spiro atoms. The van der Waals surface area contributed by atoms with Crippen molar-refractivity contribution in [1.82, 2.24) is 5.32 Å². The molecule has 3 heteroatoms. The Kier molecular flexibility index (Phi) is 4.54. The van der Waals surface area contributed by atoms with Crippen molar-refractivity contribution >= 4 is 0 Å². The summed E-state index contributed by atoms with van der Waals surface area (Å²) in [6.45, 7) is 2.02. The number of hydrogen-bond acceptors (Lipinski definition) is 3. The molecule has 0 saturated carbocycles. The Bertz CT molecular complexity index is 328. The van der Waals surface area contributed by atoms with E-state index in [1.807, 2.05) is 30.3 Å². The number of rotatable bonds is 4. The van der Waals surface area contributed by atoms with Crippen molar-refractivity contribution in [3.8, 4) is 0 Å². The predicted octanol–water partition coefficient (Wildman–Crippen LogP) is 1.44. The van der Waals surface area contributed by atoms with Gasteiger partial charge in [0.05, 0.1) is 6.10 Å². The van der Waals surface area contributed by atoms with Crippen LogP contribution in [0.5, 0.6) is 0 Å². The number of hydrogen-bond donors (Lipinski definition) is 3. The van der Waals surface area contributed by atoms with E-state index in [9.17, 15) is 5.11 Å². The summed E-state index contributed by atoms with van der Waals surface area (Å²) in [5, 5.41) is 13.4. The smallest absolute Gasteiger partial charge is 0.0790 e. The molecule has 0 aromatic heterocycles. The minimum Gasteiger partial charge on any atom is -0.388 e. The first-order valence-corrected chi connectivity index (χ1v) is 6.46. The largest absolute Gasteiger partial charge is 0.388 e. The standard InChI is InChI=1S/C14H22N2O/c15-13-8-9-16-10-12(13)6-7-14(17)11-4-2-1-3-5-11/h1-5,12-14,16-17H,6-10,15H2. The van der Waals surface area contributed by atoms with E-state index in [0.29, 0.717) is 12.0 Å². The second kappa shape index (κ2) is 6.15. The van der Waals surface area contributed by atoms with Gasteiger partial charge in [-0.3, -0.25) is 0 Å². The number of nitrogens with two attached hydrogens (primary N) is 1. The lowest BCUT2D eigenvalue weighted by molar-refractivity contribution is 0.150. The molecular weight excluding hydrogens is 212 g/mol. The molecule has 1 saturated heterocycles. The summed E-state index contributed by atoms with van der Waals surface area (Å²) >= 11 is 0. The Morgan fingerprint density at radius 3 is 2.82 bits per heavy atom. The molecule has 1 heterocycles. The minimum absolute atomic E-state index is 0.291. The maximum absolute atomic E-state index is 10.1. The van der Waals surface area contributed by atoms with Gasteiger partial charge < -0.3 is 16.2 Å². The number of benzene rings is 1. The van der Waals surface area contributed by atoms with Gasteiger partial charge in [0.1, 0.15) is 0 Å². The van der Waals surface area contributed by atoms with Crippen LogP contribution in [-0.2, 0) is 0 Å². The molecule has 3 unspecified atom stereocenters. The van der Waals surface area contributed by atoms with Crippen molar-refractivity contribution < 1.29 is 5.11 Å². The molecule has 3 nitrogen and oxygen atoms in total. The highest BCUT2D eigenvalue weighted by Crippen LogP contribution is 2.23. The van der Waals surface area contributed by atoms with Crippen LogP contribution in [0, 0.1) is 5.92 Å². The molecule has 4 N–H and O–H groups in total. The van der Waals surface area contributed by atoms with E-state index in [2.05, 4.69) is 5.32 Å². The number of piperidine rings is 1. The Morgan fingerprint density at radius 1 is 1.35 bits per heavy atom. The SMILES string of the molecule is NC1CCNCC1CCC(O)c1ccccc1. The fourth-order valence-corrected chi connectivity index (χ4v) is 2.47. The van der Waals surface area contributed by atoms with Crippen LogP contribution in [0.2, 0.25) is 0 Å². The highest BCUT2D eigenvalue weighted by molar-refractivity contribution is 5.17. The van der Waals surface area contributed by atoms with E-state index in [1.165, 1.54) is 0 Å². The first-order valence-electron chi connectivity index (χ1n) is 6.46. The van der Waals surface area contributed by atoms with Crippen LogP contribution in [0.1, 0.15) is 30.9 Å². The van der Waals surface area contributed by atoms with Crippen LogP contribution in [0.3, 0.4) is 0 Å². The lowest BCUT2D eigenvalue weighted by Gasteiger charge is -2.30. The summed E-state index contributed by atoms with van der Waals surface area (Å²) in [5.74, 6) is 0.502. The third kappa shape index (κ3) is 3.53. The Labute approximate surface area is 103 Å².